The molecule has 2 aromatic rings. The van der Waals surface area contributed by atoms with Crippen molar-refractivity contribution in [3.63, 3.8) is 0 Å². The normalized spacial score (nSPS) is 19.3. The van der Waals surface area contributed by atoms with E-state index in [1.807, 2.05) is 12.1 Å². The first-order valence-electron chi connectivity index (χ1n) is 8.85. The molecule has 2 unspecified atom stereocenters. The molecule has 1 saturated heterocycles. The summed E-state index contributed by atoms with van der Waals surface area (Å²) < 4.78 is 0. The molecule has 3 nitrogen and oxygen atoms in total. The highest BCUT2D eigenvalue weighted by atomic mass is 35.5. The van der Waals surface area contributed by atoms with Crippen LogP contribution in [0.3, 0.4) is 0 Å². The Morgan fingerprint density at radius 1 is 1.19 bits per heavy atom. The fourth-order valence-electron chi connectivity index (χ4n) is 3.93. The van der Waals surface area contributed by atoms with Crippen LogP contribution in [0.4, 0.5) is 0 Å². The van der Waals surface area contributed by atoms with E-state index in [0.29, 0.717) is 23.0 Å². The molecule has 0 amide bonds. The van der Waals surface area contributed by atoms with Crippen molar-refractivity contribution >= 4 is 29.2 Å². The topological polar surface area (TPSA) is 40.5 Å². The quantitative estimate of drug-likeness (QED) is 0.747. The number of benzene rings is 2. The number of likely N-dealkylation sites (tertiary alicyclic amines) is 1. The van der Waals surface area contributed by atoms with Crippen molar-refractivity contribution in [3.8, 4) is 0 Å². The number of aliphatic carboxylic acids is 1. The van der Waals surface area contributed by atoms with Gasteiger partial charge in [-0.25, -0.2) is 0 Å². The van der Waals surface area contributed by atoms with Crippen LogP contribution in [0.15, 0.2) is 36.4 Å². The fraction of sp³-hybridized carbons (Fsp3) is 0.381. The minimum atomic E-state index is -0.730. The third-order valence-corrected chi connectivity index (χ3v) is 5.84. The summed E-state index contributed by atoms with van der Waals surface area (Å²) in [5.41, 5.74) is 4.40. The van der Waals surface area contributed by atoms with Crippen molar-refractivity contribution in [3.05, 3.63) is 68.7 Å². The third-order valence-electron chi connectivity index (χ3n) is 5.00. The van der Waals surface area contributed by atoms with Crippen LogP contribution in [-0.2, 0) is 4.79 Å². The van der Waals surface area contributed by atoms with Crippen LogP contribution in [0.2, 0.25) is 10.0 Å². The molecule has 0 spiro atoms. The molecule has 1 N–H and O–H groups in total. The summed E-state index contributed by atoms with van der Waals surface area (Å²) in [6.45, 7) is 5.49. The largest absolute Gasteiger partial charge is 0.481 e. The summed E-state index contributed by atoms with van der Waals surface area (Å²) in [4.78, 5) is 13.8. The minimum Gasteiger partial charge on any atom is -0.481 e. The van der Waals surface area contributed by atoms with E-state index in [4.69, 9.17) is 23.2 Å². The third kappa shape index (κ3) is 4.06. The van der Waals surface area contributed by atoms with Gasteiger partial charge in [-0.3, -0.25) is 9.69 Å². The minimum absolute atomic E-state index is 0.109. The number of hydrogen-bond acceptors (Lipinski definition) is 2. The maximum atomic E-state index is 11.6. The van der Waals surface area contributed by atoms with E-state index in [2.05, 4.69) is 36.9 Å². The van der Waals surface area contributed by atoms with E-state index in [9.17, 15) is 9.90 Å². The van der Waals surface area contributed by atoms with Gasteiger partial charge < -0.3 is 5.11 Å². The summed E-state index contributed by atoms with van der Waals surface area (Å²) in [6, 6.07) is 12.0. The van der Waals surface area contributed by atoms with E-state index in [0.717, 1.165) is 24.1 Å². The molecule has 0 saturated carbocycles. The molecule has 0 aliphatic carbocycles. The van der Waals surface area contributed by atoms with Gasteiger partial charge in [-0.2, -0.15) is 0 Å². The maximum absolute atomic E-state index is 11.6. The van der Waals surface area contributed by atoms with Gasteiger partial charge in [0.25, 0.3) is 0 Å². The van der Waals surface area contributed by atoms with Gasteiger partial charge in [0.05, 0.1) is 22.0 Å². The highest BCUT2D eigenvalue weighted by molar-refractivity contribution is 6.42. The number of carbonyl (C=O) groups is 1. The lowest BCUT2D eigenvalue weighted by atomic mass is 9.90. The summed E-state index contributed by atoms with van der Waals surface area (Å²) in [5.74, 6) is -1.08. The van der Waals surface area contributed by atoms with Gasteiger partial charge in [-0.15, -0.1) is 0 Å². The molecule has 0 aromatic heterocycles. The second-order valence-electron chi connectivity index (χ2n) is 7.14. The smallest absolute Gasteiger partial charge is 0.307 e. The molecule has 138 valence electrons. The molecule has 1 heterocycles. The number of carboxylic acid groups (broad SMARTS) is 1. The first-order chi connectivity index (χ1) is 12.4. The molecule has 0 radical (unpaired) electrons. The average Bonchev–Trinajstić information content (AvgIpc) is 2.58. The monoisotopic (exact) mass is 391 g/mol. The second-order valence-corrected chi connectivity index (χ2v) is 7.92. The van der Waals surface area contributed by atoms with Gasteiger partial charge in [0.15, 0.2) is 0 Å². The highest BCUT2D eigenvalue weighted by Crippen LogP contribution is 2.39. The van der Waals surface area contributed by atoms with Crippen LogP contribution in [0, 0.1) is 19.8 Å². The molecular formula is C21H23Cl2NO2. The number of hydrogen-bond donors (Lipinski definition) is 1. The highest BCUT2D eigenvalue weighted by Gasteiger charge is 2.32. The molecule has 1 fully saturated rings. The van der Waals surface area contributed by atoms with Gasteiger partial charge in [0, 0.05) is 6.54 Å². The Morgan fingerprint density at radius 2 is 1.88 bits per heavy atom. The van der Waals surface area contributed by atoms with E-state index < -0.39 is 5.97 Å². The predicted octanol–water partition coefficient (Wildman–Crippen LogP) is 5.50. The molecule has 0 bridgehead atoms. The van der Waals surface area contributed by atoms with Crippen LogP contribution in [0.25, 0.3) is 0 Å². The standard InChI is InChI=1S/C21H23Cl2NO2/c1-13-9-14(2)11-16(10-13)20(17-6-3-7-18(22)19(17)23)24-8-4-5-15(12-24)21(25)26/h3,6-7,9-11,15,20H,4-5,8,12H2,1-2H3,(H,25,26). The number of carboxylic acids is 1. The summed E-state index contributed by atoms with van der Waals surface area (Å²) >= 11 is 12.8. The predicted molar refractivity (Wildman–Crippen MR) is 106 cm³/mol. The van der Waals surface area contributed by atoms with E-state index in [1.165, 1.54) is 11.1 Å². The summed E-state index contributed by atoms with van der Waals surface area (Å²) in [7, 11) is 0. The lowest BCUT2D eigenvalue weighted by Gasteiger charge is -2.38. The van der Waals surface area contributed by atoms with Crippen LogP contribution in [-0.4, -0.2) is 29.1 Å². The SMILES string of the molecule is Cc1cc(C)cc(C(c2cccc(Cl)c2Cl)N2CCCC(C(=O)O)C2)c1. The van der Waals surface area contributed by atoms with Crippen molar-refractivity contribution in [1.29, 1.82) is 0 Å². The van der Waals surface area contributed by atoms with Gasteiger partial charge in [0.1, 0.15) is 0 Å². The van der Waals surface area contributed by atoms with Gasteiger partial charge in [0.2, 0.25) is 0 Å². The zero-order valence-corrected chi connectivity index (χ0v) is 16.5. The lowest BCUT2D eigenvalue weighted by Crippen LogP contribution is -2.41. The Morgan fingerprint density at radius 3 is 2.54 bits per heavy atom. The average molecular weight is 392 g/mol. The number of nitrogens with zero attached hydrogens (tertiary/aromatic N) is 1. The number of halogens is 2. The Labute approximate surface area is 164 Å². The van der Waals surface area contributed by atoms with Crippen LogP contribution in [0.5, 0.6) is 0 Å². The van der Waals surface area contributed by atoms with E-state index in [1.54, 1.807) is 6.07 Å². The number of rotatable bonds is 4. The molecule has 1 aliphatic heterocycles. The zero-order valence-electron chi connectivity index (χ0n) is 15.0. The van der Waals surface area contributed by atoms with Crippen molar-refractivity contribution in [2.75, 3.05) is 13.1 Å². The van der Waals surface area contributed by atoms with E-state index in [-0.39, 0.29) is 12.0 Å². The molecule has 26 heavy (non-hydrogen) atoms. The molecule has 2 atom stereocenters. The molecular weight excluding hydrogens is 369 g/mol. The van der Waals surface area contributed by atoms with Crippen LogP contribution >= 0.6 is 23.2 Å². The zero-order chi connectivity index (χ0) is 18.8. The van der Waals surface area contributed by atoms with Crippen molar-refractivity contribution in [2.45, 2.75) is 32.7 Å². The first-order valence-corrected chi connectivity index (χ1v) is 9.61. The van der Waals surface area contributed by atoms with Crippen LogP contribution < -0.4 is 0 Å². The summed E-state index contributed by atoms with van der Waals surface area (Å²) in [6.07, 6.45) is 1.57. The van der Waals surface area contributed by atoms with Gasteiger partial charge >= 0.3 is 5.97 Å². The number of piperidine rings is 1. The molecule has 5 heteroatoms. The maximum Gasteiger partial charge on any atom is 0.307 e. The van der Waals surface area contributed by atoms with E-state index >= 15 is 0 Å². The summed E-state index contributed by atoms with van der Waals surface area (Å²) in [5, 5.41) is 10.5. The Kier molecular flexibility index (Phi) is 5.91. The Hall–Kier alpha value is -1.55. The van der Waals surface area contributed by atoms with Gasteiger partial charge in [-0.05, 0) is 50.4 Å². The Bertz CT molecular complexity index is 801. The van der Waals surface area contributed by atoms with Crippen molar-refractivity contribution < 1.29 is 9.90 Å². The Balaban J connectivity index is 2.10. The van der Waals surface area contributed by atoms with Crippen LogP contribution in [0.1, 0.15) is 41.1 Å². The second kappa shape index (κ2) is 7.99. The number of aryl methyl sites for hydroxylation is 2. The molecule has 1 aliphatic rings. The first kappa shape index (κ1) is 19.2. The van der Waals surface area contributed by atoms with Gasteiger partial charge in [-0.1, -0.05) is 64.7 Å². The fourth-order valence-corrected chi connectivity index (χ4v) is 4.34. The van der Waals surface area contributed by atoms with Crippen molar-refractivity contribution in [2.24, 2.45) is 5.92 Å². The lowest BCUT2D eigenvalue weighted by molar-refractivity contribution is -0.143. The molecule has 3 rings (SSSR count). The molecule has 2 aromatic carbocycles. The van der Waals surface area contributed by atoms with Crippen molar-refractivity contribution in [1.82, 2.24) is 4.90 Å².